The third kappa shape index (κ3) is 3.57. The zero-order valence-corrected chi connectivity index (χ0v) is 11.0. The van der Waals surface area contributed by atoms with E-state index in [4.69, 9.17) is 4.42 Å². The van der Waals surface area contributed by atoms with Crippen LogP contribution in [0.4, 0.5) is 5.88 Å². The van der Waals surface area contributed by atoms with Crippen LogP contribution in [-0.4, -0.2) is 16.8 Å². The van der Waals surface area contributed by atoms with E-state index in [1.165, 1.54) is 18.2 Å². The maximum Gasteiger partial charge on any atom is 0.433 e. The zero-order valence-electron chi connectivity index (χ0n) is 11.0. The van der Waals surface area contributed by atoms with Crippen LogP contribution in [0.2, 0.25) is 0 Å². The molecule has 1 N–H and O–H groups in total. The highest BCUT2D eigenvalue weighted by atomic mass is 16.6. The molecule has 0 radical (unpaired) electrons. The van der Waals surface area contributed by atoms with E-state index >= 15 is 0 Å². The molecule has 22 heavy (non-hydrogen) atoms. The van der Waals surface area contributed by atoms with Crippen LogP contribution in [0.5, 0.6) is 0 Å². The Morgan fingerprint density at radius 2 is 1.82 bits per heavy atom. The fourth-order valence-corrected chi connectivity index (χ4v) is 1.59. The van der Waals surface area contributed by atoms with Crippen molar-refractivity contribution in [3.8, 4) is 0 Å². The first-order valence-electron chi connectivity index (χ1n) is 6.01. The molecule has 0 saturated carbocycles. The molecule has 2 aromatic rings. The van der Waals surface area contributed by atoms with Crippen molar-refractivity contribution in [3.05, 3.63) is 69.6 Å². The summed E-state index contributed by atoms with van der Waals surface area (Å²) >= 11 is 0. The summed E-state index contributed by atoms with van der Waals surface area (Å²) in [6.45, 7) is 0. The van der Waals surface area contributed by atoms with Gasteiger partial charge in [0, 0.05) is 11.6 Å². The summed E-state index contributed by atoms with van der Waals surface area (Å²) in [5.74, 6) is -2.95. The van der Waals surface area contributed by atoms with Crippen LogP contribution in [0.15, 0.2) is 52.6 Å². The topological polar surface area (TPSA) is 126 Å². The third-order valence-corrected chi connectivity index (χ3v) is 2.58. The highest BCUT2D eigenvalue weighted by Gasteiger charge is 2.13. The predicted molar refractivity (Wildman–Crippen MR) is 72.3 cm³/mol. The Bertz CT molecular complexity index is 748. The van der Waals surface area contributed by atoms with Gasteiger partial charge < -0.3 is 19.6 Å². The monoisotopic (exact) mass is 301 g/mol. The van der Waals surface area contributed by atoms with Gasteiger partial charge >= 0.3 is 5.88 Å². The average molecular weight is 301 g/mol. The largest absolute Gasteiger partial charge is 0.543 e. The first kappa shape index (κ1) is 15.0. The lowest BCUT2D eigenvalue weighted by Crippen LogP contribution is -2.35. The van der Waals surface area contributed by atoms with Crippen molar-refractivity contribution in [3.63, 3.8) is 0 Å². The lowest BCUT2D eigenvalue weighted by molar-refractivity contribution is -0.402. The molecule has 0 spiro atoms. The number of hydrogen-bond acceptors (Lipinski definition) is 6. The second kappa shape index (κ2) is 6.35. The Morgan fingerprint density at radius 3 is 2.36 bits per heavy atom. The number of amides is 1. The van der Waals surface area contributed by atoms with Gasteiger partial charge in [0.2, 0.25) is 0 Å². The van der Waals surface area contributed by atoms with E-state index < -0.39 is 28.4 Å². The van der Waals surface area contributed by atoms with E-state index in [1.807, 2.05) is 0 Å². The maximum absolute atomic E-state index is 11.9. The Kier molecular flexibility index (Phi) is 4.33. The van der Waals surface area contributed by atoms with Gasteiger partial charge in [0.15, 0.2) is 0 Å². The van der Waals surface area contributed by atoms with E-state index in [0.29, 0.717) is 0 Å². The van der Waals surface area contributed by atoms with Crippen molar-refractivity contribution in [2.45, 2.75) is 0 Å². The van der Waals surface area contributed by atoms with E-state index in [-0.39, 0.29) is 11.3 Å². The van der Waals surface area contributed by atoms with E-state index in [0.717, 1.165) is 12.1 Å². The number of hydrogen-bond donors (Lipinski definition) is 1. The predicted octanol–water partition coefficient (Wildman–Crippen LogP) is 0.709. The lowest BCUT2D eigenvalue weighted by Gasteiger charge is -2.10. The maximum atomic E-state index is 11.9. The van der Waals surface area contributed by atoms with Crippen molar-refractivity contribution >= 4 is 23.8 Å². The van der Waals surface area contributed by atoms with Gasteiger partial charge in [-0.05, 0) is 18.2 Å². The summed E-state index contributed by atoms with van der Waals surface area (Å²) in [4.78, 5) is 32.6. The summed E-state index contributed by atoms with van der Waals surface area (Å²) < 4.78 is 4.80. The molecule has 0 saturated heterocycles. The number of nitrogens with zero attached hydrogens (tertiary/aromatic N) is 1. The first-order valence-corrected chi connectivity index (χ1v) is 6.01. The molecule has 8 heteroatoms. The van der Waals surface area contributed by atoms with Crippen molar-refractivity contribution in [2.75, 3.05) is 0 Å². The van der Waals surface area contributed by atoms with Gasteiger partial charge in [0.05, 0.1) is 17.7 Å². The second-order valence-corrected chi connectivity index (χ2v) is 4.10. The standard InChI is InChI=1S/C14H10N2O6/c17-13(9-4-2-1-3-5-9)15-11(14(18)19)8-10-6-7-12(22-10)16(20)21/h1-8H,(H,15,17)(H,18,19)/p-1/b11-8+. The van der Waals surface area contributed by atoms with Gasteiger partial charge in [-0.15, -0.1) is 0 Å². The highest BCUT2D eigenvalue weighted by molar-refractivity contribution is 6.01. The summed E-state index contributed by atoms with van der Waals surface area (Å²) in [7, 11) is 0. The van der Waals surface area contributed by atoms with Crippen LogP contribution < -0.4 is 10.4 Å². The summed E-state index contributed by atoms with van der Waals surface area (Å²) in [5.41, 5.74) is -0.321. The van der Waals surface area contributed by atoms with Crippen molar-refractivity contribution < 1.29 is 24.0 Å². The Morgan fingerprint density at radius 1 is 1.14 bits per heavy atom. The molecule has 1 aromatic carbocycles. The van der Waals surface area contributed by atoms with Crippen LogP contribution >= 0.6 is 0 Å². The molecule has 0 unspecified atom stereocenters. The molecule has 112 valence electrons. The molecule has 1 aromatic heterocycles. The molecular formula is C14H9N2O6-. The molecule has 1 heterocycles. The summed E-state index contributed by atoms with van der Waals surface area (Å²) in [6, 6.07) is 10.2. The van der Waals surface area contributed by atoms with Crippen molar-refractivity contribution in [2.24, 2.45) is 0 Å². The van der Waals surface area contributed by atoms with Crippen LogP contribution in [0.25, 0.3) is 6.08 Å². The number of carboxylic acids is 1. The molecule has 1 amide bonds. The van der Waals surface area contributed by atoms with Gasteiger partial charge in [-0.1, -0.05) is 18.2 Å². The van der Waals surface area contributed by atoms with Gasteiger partial charge in [-0.3, -0.25) is 14.9 Å². The van der Waals surface area contributed by atoms with Crippen LogP contribution in [0.1, 0.15) is 16.1 Å². The minimum atomic E-state index is -1.65. The molecule has 0 bridgehead atoms. The molecule has 0 aliphatic heterocycles. The number of benzene rings is 1. The van der Waals surface area contributed by atoms with Crippen LogP contribution in [0.3, 0.4) is 0 Å². The summed E-state index contributed by atoms with van der Waals surface area (Å²) in [5, 5.41) is 23.7. The average Bonchev–Trinajstić information content (AvgIpc) is 2.96. The van der Waals surface area contributed by atoms with E-state index in [2.05, 4.69) is 5.32 Å². The Labute approximate surface area is 123 Å². The number of rotatable bonds is 5. The smallest absolute Gasteiger partial charge is 0.433 e. The molecule has 0 aliphatic rings. The van der Waals surface area contributed by atoms with Gasteiger partial charge in [0.25, 0.3) is 5.91 Å². The number of furan rings is 1. The molecular weight excluding hydrogens is 292 g/mol. The van der Waals surface area contributed by atoms with Gasteiger partial charge in [-0.2, -0.15) is 0 Å². The number of carbonyl (C=O) groups is 2. The van der Waals surface area contributed by atoms with Gasteiger partial charge in [0.1, 0.15) is 10.7 Å². The quantitative estimate of drug-likeness (QED) is 0.492. The molecule has 8 nitrogen and oxygen atoms in total. The minimum absolute atomic E-state index is 0.0979. The second-order valence-electron chi connectivity index (χ2n) is 4.10. The van der Waals surface area contributed by atoms with E-state index in [1.54, 1.807) is 18.2 Å². The number of carboxylic acid groups (broad SMARTS) is 1. The fraction of sp³-hybridized carbons (Fsp3) is 0. The molecule has 0 atom stereocenters. The Hall–Kier alpha value is -3.42. The number of nitrogens with one attached hydrogen (secondary N) is 1. The zero-order chi connectivity index (χ0) is 16.1. The Balaban J connectivity index is 2.22. The number of carbonyl (C=O) groups excluding carboxylic acids is 2. The highest BCUT2D eigenvalue weighted by Crippen LogP contribution is 2.17. The van der Waals surface area contributed by atoms with Crippen molar-refractivity contribution in [1.82, 2.24) is 5.32 Å². The van der Waals surface area contributed by atoms with E-state index in [9.17, 15) is 24.8 Å². The van der Waals surface area contributed by atoms with Gasteiger partial charge in [-0.25, -0.2) is 0 Å². The first-order chi connectivity index (χ1) is 10.5. The molecule has 0 fully saturated rings. The lowest BCUT2D eigenvalue weighted by atomic mass is 10.2. The fourth-order valence-electron chi connectivity index (χ4n) is 1.59. The third-order valence-electron chi connectivity index (χ3n) is 2.58. The normalized spacial score (nSPS) is 11.0. The van der Waals surface area contributed by atoms with Crippen molar-refractivity contribution in [1.29, 1.82) is 0 Å². The van der Waals surface area contributed by atoms with Crippen LogP contribution in [-0.2, 0) is 4.79 Å². The minimum Gasteiger partial charge on any atom is -0.543 e. The molecule has 0 aliphatic carbocycles. The summed E-state index contributed by atoms with van der Waals surface area (Å²) in [6.07, 6.45) is 0.934. The number of nitro groups is 1. The number of aliphatic carboxylic acids is 1. The van der Waals surface area contributed by atoms with Crippen LogP contribution in [0, 0.1) is 10.1 Å². The molecule has 2 rings (SSSR count). The SMILES string of the molecule is O=C([O-])/C(=C\c1ccc([N+](=O)[O-])o1)NC(=O)c1ccccc1.